The van der Waals surface area contributed by atoms with Gasteiger partial charge in [-0.15, -0.1) is 0 Å². The van der Waals surface area contributed by atoms with Crippen molar-refractivity contribution in [3.8, 4) is 0 Å². The first-order valence-electron chi connectivity index (χ1n) is 9.47. The van der Waals surface area contributed by atoms with Crippen molar-refractivity contribution in [3.63, 3.8) is 0 Å². The Hall–Kier alpha value is -2.19. The van der Waals surface area contributed by atoms with Crippen LogP contribution in [0.2, 0.25) is 5.02 Å². The lowest BCUT2D eigenvalue weighted by atomic mass is 10.1. The van der Waals surface area contributed by atoms with Gasteiger partial charge in [0.1, 0.15) is 0 Å². The molecule has 4 rings (SSSR count). The number of sulfonamides is 1. The van der Waals surface area contributed by atoms with E-state index in [1.807, 2.05) is 29.2 Å². The number of para-hydroxylation sites is 1. The van der Waals surface area contributed by atoms with Crippen LogP contribution in [-0.2, 0) is 15.8 Å². The summed E-state index contributed by atoms with van der Waals surface area (Å²) in [5.41, 5.74) is 2.21. The Morgan fingerprint density at radius 3 is 2.45 bits per heavy atom. The molecular weight excluding hydrogens is 410 g/mol. The third-order valence-electron chi connectivity index (χ3n) is 5.28. The summed E-state index contributed by atoms with van der Waals surface area (Å²) in [6.07, 6.45) is 1.75. The summed E-state index contributed by atoms with van der Waals surface area (Å²) in [6, 6.07) is 14.7. The van der Waals surface area contributed by atoms with Crippen LogP contribution in [0.3, 0.4) is 0 Å². The zero-order valence-corrected chi connectivity index (χ0v) is 17.4. The Bertz CT molecular complexity index is 1130. The molecule has 29 heavy (non-hydrogen) atoms. The lowest BCUT2D eigenvalue weighted by molar-refractivity contribution is 0.0903. The molecule has 6 nitrogen and oxygen atoms in total. The summed E-state index contributed by atoms with van der Waals surface area (Å²) in [4.78, 5) is 17.9. The number of Topliss-reactive ketones (excluding diaryl/α,β-unsaturated/α-hetero) is 1. The molecule has 1 aliphatic rings. The van der Waals surface area contributed by atoms with E-state index < -0.39 is 10.0 Å². The first-order chi connectivity index (χ1) is 13.9. The maximum Gasteiger partial charge on any atom is 0.218 e. The second-order valence-corrected chi connectivity index (χ2v) is 9.57. The van der Waals surface area contributed by atoms with Crippen LogP contribution < -0.4 is 0 Å². The highest BCUT2D eigenvalue weighted by molar-refractivity contribution is 7.88. The zero-order valence-electron chi connectivity index (χ0n) is 15.8. The van der Waals surface area contributed by atoms with Crippen LogP contribution in [0, 0.1) is 0 Å². The number of rotatable bonds is 6. The van der Waals surface area contributed by atoms with Crippen LogP contribution in [0.25, 0.3) is 10.9 Å². The molecule has 3 aromatic rings. The van der Waals surface area contributed by atoms with E-state index in [4.69, 9.17) is 11.6 Å². The molecular formula is C21H22ClN3O3S. The third kappa shape index (κ3) is 4.38. The normalized spacial score (nSPS) is 16.3. The highest BCUT2D eigenvalue weighted by Gasteiger charge is 2.28. The number of piperazine rings is 1. The zero-order chi connectivity index (χ0) is 20.4. The molecule has 0 bridgehead atoms. The number of hydrogen-bond acceptors (Lipinski definition) is 4. The number of fused-ring (bicyclic) bond motifs is 1. The van der Waals surface area contributed by atoms with E-state index in [9.17, 15) is 13.2 Å². The van der Waals surface area contributed by atoms with E-state index >= 15 is 0 Å². The fourth-order valence-electron chi connectivity index (χ4n) is 3.66. The molecule has 0 spiro atoms. The van der Waals surface area contributed by atoms with Gasteiger partial charge in [0.15, 0.2) is 5.78 Å². The van der Waals surface area contributed by atoms with Crippen LogP contribution >= 0.6 is 11.6 Å². The molecule has 0 unspecified atom stereocenters. The second-order valence-electron chi connectivity index (χ2n) is 7.19. The van der Waals surface area contributed by atoms with Gasteiger partial charge in [0, 0.05) is 53.9 Å². The van der Waals surface area contributed by atoms with Crippen molar-refractivity contribution in [1.82, 2.24) is 14.2 Å². The molecule has 8 heteroatoms. The molecule has 0 saturated carbocycles. The van der Waals surface area contributed by atoms with Gasteiger partial charge in [0.05, 0.1) is 12.3 Å². The van der Waals surface area contributed by atoms with Gasteiger partial charge >= 0.3 is 0 Å². The lowest BCUT2D eigenvalue weighted by Gasteiger charge is -2.33. The summed E-state index contributed by atoms with van der Waals surface area (Å²) < 4.78 is 27.0. The van der Waals surface area contributed by atoms with Crippen LogP contribution in [0.4, 0.5) is 0 Å². The van der Waals surface area contributed by atoms with Crippen molar-refractivity contribution in [1.29, 1.82) is 0 Å². The molecule has 0 atom stereocenters. The Balaban J connectivity index is 1.37. The predicted molar refractivity (Wildman–Crippen MR) is 115 cm³/mol. The fourth-order valence-corrected chi connectivity index (χ4v) is 5.49. The van der Waals surface area contributed by atoms with Gasteiger partial charge in [-0.1, -0.05) is 48.0 Å². The van der Waals surface area contributed by atoms with Crippen molar-refractivity contribution in [2.75, 3.05) is 32.7 Å². The Morgan fingerprint density at radius 1 is 1.00 bits per heavy atom. The minimum Gasteiger partial charge on any atom is -0.360 e. The van der Waals surface area contributed by atoms with Crippen LogP contribution in [0.1, 0.15) is 15.9 Å². The standard InChI is InChI=1S/C21H22ClN3O3S/c22-19-7-3-1-5-16(19)15-29(27,28)25-11-9-24(10-12-25)14-21(26)18-13-23-20-8-4-2-6-17(18)20/h1-8,13,23H,9-12,14-15H2. The van der Waals surface area contributed by atoms with Crippen LogP contribution in [-0.4, -0.2) is 61.1 Å². The molecule has 1 aromatic heterocycles. The Kier molecular flexibility index (Phi) is 5.74. The van der Waals surface area contributed by atoms with Gasteiger partial charge in [-0.05, 0) is 17.7 Å². The molecule has 0 aliphatic carbocycles. The van der Waals surface area contributed by atoms with Gasteiger partial charge in [0.2, 0.25) is 10.0 Å². The Labute approximate surface area is 175 Å². The van der Waals surface area contributed by atoms with Gasteiger partial charge in [0.25, 0.3) is 0 Å². The van der Waals surface area contributed by atoms with E-state index in [-0.39, 0.29) is 18.1 Å². The number of benzene rings is 2. The van der Waals surface area contributed by atoms with Crippen molar-refractivity contribution in [3.05, 3.63) is 70.9 Å². The minimum absolute atomic E-state index is 0.0369. The summed E-state index contributed by atoms with van der Waals surface area (Å²) in [7, 11) is -3.45. The molecule has 1 saturated heterocycles. The molecule has 2 aromatic carbocycles. The molecule has 1 fully saturated rings. The number of carbonyl (C=O) groups excluding carboxylic acids is 1. The first kappa shape index (κ1) is 20.1. The number of ketones is 1. The van der Waals surface area contributed by atoms with Crippen molar-refractivity contribution >= 4 is 38.3 Å². The van der Waals surface area contributed by atoms with E-state index in [1.54, 1.807) is 30.5 Å². The average Bonchev–Trinajstić information content (AvgIpc) is 3.14. The molecule has 152 valence electrons. The third-order valence-corrected chi connectivity index (χ3v) is 7.47. The predicted octanol–water partition coefficient (Wildman–Crippen LogP) is 3.15. The average molecular weight is 432 g/mol. The van der Waals surface area contributed by atoms with E-state index in [0.29, 0.717) is 42.3 Å². The van der Waals surface area contributed by atoms with Gasteiger partial charge in [-0.25, -0.2) is 8.42 Å². The first-order valence-corrected chi connectivity index (χ1v) is 11.5. The molecule has 1 aliphatic heterocycles. The number of H-pyrrole nitrogens is 1. The monoisotopic (exact) mass is 431 g/mol. The number of hydrogen-bond donors (Lipinski definition) is 1. The van der Waals surface area contributed by atoms with E-state index in [0.717, 1.165) is 10.9 Å². The SMILES string of the molecule is O=C(CN1CCN(S(=O)(=O)Cc2ccccc2Cl)CC1)c1c[nH]c2ccccc12. The molecule has 2 heterocycles. The van der Waals surface area contributed by atoms with Crippen molar-refractivity contribution in [2.45, 2.75) is 5.75 Å². The van der Waals surface area contributed by atoms with Gasteiger partial charge < -0.3 is 4.98 Å². The largest absolute Gasteiger partial charge is 0.360 e. The quantitative estimate of drug-likeness (QED) is 0.608. The number of halogens is 1. The van der Waals surface area contributed by atoms with Crippen LogP contribution in [0.15, 0.2) is 54.7 Å². The van der Waals surface area contributed by atoms with E-state index in [1.165, 1.54) is 4.31 Å². The maximum atomic E-state index is 12.7. The maximum absolute atomic E-state index is 12.7. The minimum atomic E-state index is -3.45. The summed E-state index contributed by atoms with van der Waals surface area (Å²) in [5, 5.41) is 1.37. The smallest absolute Gasteiger partial charge is 0.218 e. The van der Waals surface area contributed by atoms with E-state index in [2.05, 4.69) is 4.98 Å². The summed E-state index contributed by atoms with van der Waals surface area (Å²) in [5.74, 6) is -0.0733. The van der Waals surface area contributed by atoms with Crippen molar-refractivity contribution < 1.29 is 13.2 Å². The number of nitrogens with zero attached hydrogens (tertiary/aromatic N) is 2. The highest BCUT2D eigenvalue weighted by Crippen LogP contribution is 2.21. The molecule has 0 radical (unpaired) electrons. The number of aromatic nitrogens is 1. The molecule has 1 N–H and O–H groups in total. The number of nitrogens with one attached hydrogen (secondary N) is 1. The van der Waals surface area contributed by atoms with Gasteiger partial charge in [-0.2, -0.15) is 4.31 Å². The number of carbonyl (C=O) groups is 1. The Morgan fingerprint density at radius 2 is 1.69 bits per heavy atom. The van der Waals surface area contributed by atoms with Crippen molar-refractivity contribution in [2.24, 2.45) is 0 Å². The van der Waals surface area contributed by atoms with Crippen LogP contribution in [0.5, 0.6) is 0 Å². The highest BCUT2D eigenvalue weighted by atomic mass is 35.5. The topological polar surface area (TPSA) is 73.5 Å². The lowest BCUT2D eigenvalue weighted by Crippen LogP contribution is -2.50. The summed E-state index contributed by atoms with van der Waals surface area (Å²) in [6.45, 7) is 2.06. The number of aromatic amines is 1. The fraction of sp³-hybridized carbons (Fsp3) is 0.286. The van der Waals surface area contributed by atoms with Gasteiger partial charge in [-0.3, -0.25) is 9.69 Å². The summed E-state index contributed by atoms with van der Waals surface area (Å²) >= 11 is 6.11. The molecule has 0 amide bonds. The second kappa shape index (κ2) is 8.28.